The van der Waals surface area contributed by atoms with Crippen LogP contribution in [0.15, 0.2) is 36.4 Å². The zero-order chi connectivity index (χ0) is 18.5. The van der Waals surface area contributed by atoms with Crippen LogP contribution in [0.2, 0.25) is 0 Å². The molecule has 0 bridgehead atoms. The van der Waals surface area contributed by atoms with Crippen molar-refractivity contribution in [2.75, 3.05) is 6.54 Å². The Morgan fingerprint density at radius 1 is 1.15 bits per heavy atom. The lowest BCUT2D eigenvalue weighted by atomic mass is 9.94. The number of hydrogen-bond acceptors (Lipinski definition) is 4. The molecule has 0 spiro atoms. The molecule has 0 radical (unpaired) electrons. The van der Waals surface area contributed by atoms with Gasteiger partial charge in [0.25, 0.3) is 5.91 Å². The first-order valence-electron chi connectivity index (χ1n) is 9.47. The summed E-state index contributed by atoms with van der Waals surface area (Å²) in [7, 11) is 0. The number of nitrogens with zero attached hydrogens (tertiary/aromatic N) is 2. The molecule has 1 heterocycles. The molecule has 0 unspecified atom stereocenters. The molecule has 1 amide bonds. The summed E-state index contributed by atoms with van der Waals surface area (Å²) in [6.45, 7) is 4.26. The topological polar surface area (TPSA) is 59.5 Å². The summed E-state index contributed by atoms with van der Waals surface area (Å²) in [4.78, 5) is 31.4. The van der Waals surface area contributed by atoms with Crippen LogP contribution in [0.3, 0.4) is 0 Å². The van der Waals surface area contributed by atoms with Gasteiger partial charge in [-0.2, -0.15) is 0 Å². The summed E-state index contributed by atoms with van der Waals surface area (Å²) in [5.74, 6) is -0.676. The fourth-order valence-electron chi connectivity index (χ4n) is 3.67. The highest BCUT2D eigenvalue weighted by Gasteiger charge is 2.29. The van der Waals surface area contributed by atoms with Crippen molar-refractivity contribution in [2.45, 2.75) is 58.1 Å². The van der Waals surface area contributed by atoms with Crippen molar-refractivity contribution in [1.82, 2.24) is 9.88 Å². The van der Waals surface area contributed by atoms with Gasteiger partial charge in [-0.3, -0.25) is 4.79 Å². The molecule has 1 saturated carbocycles. The van der Waals surface area contributed by atoms with E-state index in [1.165, 1.54) is 6.42 Å². The second kappa shape index (κ2) is 8.30. The van der Waals surface area contributed by atoms with E-state index in [0.717, 1.165) is 36.6 Å². The Morgan fingerprint density at radius 2 is 1.88 bits per heavy atom. The quantitative estimate of drug-likeness (QED) is 0.763. The van der Waals surface area contributed by atoms with E-state index in [-0.39, 0.29) is 17.6 Å². The number of carbonyl (C=O) groups excluding carboxylic acids is 2. The second-order valence-electron chi connectivity index (χ2n) is 6.85. The highest BCUT2D eigenvalue weighted by molar-refractivity contribution is 5.93. The number of ether oxygens (including phenoxy) is 1. The minimum absolute atomic E-state index is 0.117. The number of hydrogen-bond donors (Lipinski definition) is 0. The lowest BCUT2D eigenvalue weighted by molar-refractivity contribution is -0.142. The molecule has 5 nitrogen and oxygen atoms in total. The molecule has 26 heavy (non-hydrogen) atoms. The average molecular weight is 354 g/mol. The molecular formula is C21H26N2O3. The summed E-state index contributed by atoms with van der Waals surface area (Å²) in [5.41, 5.74) is 0.961. The van der Waals surface area contributed by atoms with Crippen LogP contribution in [0.25, 0.3) is 10.9 Å². The van der Waals surface area contributed by atoms with Gasteiger partial charge in [-0.05, 0) is 38.8 Å². The Morgan fingerprint density at radius 3 is 2.62 bits per heavy atom. The number of amides is 1. The van der Waals surface area contributed by atoms with Crippen molar-refractivity contribution >= 4 is 22.8 Å². The number of aromatic nitrogens is 1. The standard InChI is InChI=1S/C21H26N2O3/c1-3-23(17-10-5-4-6-11-17)20(24)15(2)26-21(25)19-14-13-16-9-7-8-12-18(16)22-19/h7-9,12-15,17H,3-6,10-11H2,1-2H3/t15-/m0/s1. The molecule has 0 N–H and O–H groups in total. The van der Waals surface area contributed by atoms with Gasteiger partial charge in [0.2, 0.25) is 0 Å². The molecule has 1 aromatic carbocycles. The largest absolute Gasteiger partial charge is 0.448 e. The second-order valence-corrected chi connectivity index (χ2v) is 6.85. The van der Waals surface area contributed by atoms with Gasteiger partial charge in [-0.25, -0.2) is 9.78 Å². The van der Waals surface area contributed by atoms with Crippen molar-refractivity contribution in [3.63, 3.8) is 0 Å². The number of carbonyl (C=O) groups is 2. The van der Waals surface area contributed by atoms with Crippen LogP contribution in [0.4, 0.5) is 0 Å². The molecule has 0 saturated heterocycles. The number of para-hydroxylation sites is 1. The summed E-state index contributed by atoms with van der Waals surface area (Å²) >= 11 is 0. The monoisotopic (exact) mass is 354 g/mol. The van der Waals surface area contributed by atoms with Gasteiger partial charge in [-0.15, -0.1) is 0 Å². The number of likely N-dealkylation sites (N-methyl/N-ethyl adjacent to an activating group) is 1. The van der Waals surface area contributed by atoms with Crippen LogP contribution in [0.1, 0.15) is 56.4 Å². The maximum absolute atomic E-state index is 12.8. The number of pyridine rings is 1. The smallest absolute Gasteiger partial charge is 0.357 e. The normalized spacial score (nSPS) is 16.2. The Kier molecular flexibility index (Phi) is 5.86. The third-order valence-corrected chi connectivity index (χ3v) is 5.08. The molecule has 1 aliphatic carbocycles. The van der Waals surface area contributed by atoms with Crippen LogP contribution in [0, 0.1) is 0 Å². The molecule has 2 aromatic rings. The van der Waals surface area contributed by atoms with Crippen LogP contribution in [0.5, 0.6) is 0 Å². The van der Waals surface area contributed by atoms with E-state index in [1.54, 1.807) is 13.0 Å². The van der Waals surface area contributed by atoms with Crippen LogP contribution >= 0.6 is 0 Å². The number of fused-ring (bicyclic) bond motifs is 1. The van der Waals surface area contributed by atoms with Gasteiger partial charge in [0.05, 0.1) is 5.52 Å². The zero-order valence-electron chi connectivity index (χ0n) is 15.5. The lowest BCUT2D eigenvalue weighted by Crippen LogP contribution is -2.46. The van der Waals surface area contributed by atoms with Gasteiger partial charge >= 0.3 is 5.97 Å². The fourth-order valence-corrected chi connectivity index (χ4v) is 3.67. The molecule has 1 fully saturated rings. The van der Waals surface area contributed by atoms with E-state index in [1.807, 2.05) is 42.2 Å². The number of benzene rings is 1. The van der Waals surface area contributed by atoms with E-state index in [9.17, 15) is 9.59 Å². The third kappa shape index (κ3) is 4.03. The molecule has 1 aliphatic rings. The summed E-state index contributed by atoms with van der Waals surface area (Å²) < 4.78 is 5.43. The highest BCUT2D eigenvalue weighted by atomic mass is 16.5. The zero-order valence-corrected chi connectivity index (χ0v) is 15.5. The van der Waals surface area contributed by atoms with Crippen molar-refractivity contribution in [2.24, 2.45) is 0 Å². The van der Waals surface area contributed by atoms with E-state index < -0.39 is 12.1 Å². The van der Waals surface area contributed by atoms with Gasteiger partial charge in [-0.1, -0.05) is 43.5 Å². The molecule has 138 valence electrons. The van der Waals surface area contributed by atoms with Crippen molar-refractivity contribution < 1.29 is 14.3 Å². The minimum atomic E-state index is -0.808. The molecule has 3 rings (SSSR count). The van der Waals surface area contributed by atoms with E-state index in [2.05, 4.69) is 4.98 Å². The van der Waals surface area contributed by atoms with Gasteiger partial charge in [0, 0.05) is 18.0 Å². The Labute approximate surface area is 154 Å². The Bertz CT molecular complexity index is 784. The maximum Gasteiger partial charge on any atom is 0.357 e. The first kappa shape index (κ1) is 18.4. The van der Waals surface area contributed by atoms with Crippen molar-refractivity contribution in [3.05, 3.63) is 42.1 Å². The summed E-state index contributed by atoms with van der Waals surface area (Å²) in [6, 6.07) is 11.3. The summed E-state index contributed by atoms with van der Waals surface area (Å²) in [5, 5.41) is 0.961. The first-order valence-corrected chi connectivity index (χ1v) is 9.47. The Balaban J connectivity index is 1.67. The first-order chi connectivity index (χ1) is 12.6. The predicted molar refractivity (Wildman–Crippen MR) is 101 cm³/mol. The average Bonchev–Trinajstić information content (AvgIpc) is 2.68. The van der Waals surface area contributed by atoms with Crippen LogP contribution < -0.4 is 0 Å². The van der Waals surface area contributed by atoms with Crippen LogP contribution in [-0.2, 0) is 9.53 Å². The maximum atomic E-state index is 12.8. The lowest BCUT2D eigenvalue weighted by Gasteiger charge is -2.35. The van der Waals surface area contributed by atoms with Crippen molar-refractivity contribution in [1.29, 1.82) is 0 Å². The fraction of sp³-hybridized carbons (Fsp3) is 0.476. The predicted octanol–water partition coefficient (Wildman–Crippen LogP) is 3.96. The molecular weight excluding hydrogens is 328 g/mol. The number of esters is 1. The molecule has 0 aliphatic heterocycles. The molecule has 1 atom stereocenters. The van der Waals surface area contributed by atoms with Gasteiger partial charge < -0.3 is 9.64 Å². The Hall–Kier alpha value is -2.43. The highest BCUT2D eigenvalue weighted by Crippen LogP contribution is 2.23. The third-order valence-electron chi connectivity index (χ3n) is 5.08. The van der Waals surface area contributed by atoms with E-state index in [4.69, 9.17) is 4.74 Å². The summed E-state index contributed by atoms with van der Waals surface area (Å²) in [6.07, 6.45) is 4.81. The van der Waals surface area contributed by atoms with E-state index in [0.29, 0.717) is 6.54 Å². The van der Waals surface area contributed by atoms with Crippen LogP contribution in [-0.4, -0.2) is 40.5 Å². The number of rotatable bonds is 5. The van der Waals surface area contributed by atoms with E-state index >= 15 is 0 Å². The van der Waals surface area contributed by atoms with Gasteiger partial charge in [0.15, 0.2) is 6.10 Å². The minimum Gasteiger partial charge on any atom is -0.448 e. The van der Waals surface area contributed by atoms with Gasteiger partial charge in [0.1, 0.15) is 5.69 Å². The molecule has 5 heteroatoms. The SMILES string of the molecule is CCN(C(=O)[C@H](C)OC(=O)c1ccc2ccccc2n1)C1CCCCC1. The van der Waals surface area contributed by atoms with Crippen molar-refractivity contribution in [3.8, 4) is 0 Å². The molecule has 1 aromatic heterocycles.